The van der Waals surface area contributed by atoms with Crippen molar-refractivity contribution in [1.29, 1.82) is 0 Å². The van der Waals surface area contributed by atoms with Gasteiger partial charge in [0, 0.05) is 12.8 Å². The highest BCUT2D eigenvalue weighted by Gasteiger charge is 2.48. The number of ether oxygens (including phenoxy) is 2. The highest BCUT2D eigenvalue weighted by molar-refractivity contribution is 6.74. The van der Waals surface area contributed by atoms with Gasteiger partial charge in [0.2, 0.25) is 0 Å². The zero-order valence-electron chi connectivity index (χ0n) is 13.8. The smallest absolute Gasteiger partial charge is 0.192 e. The second kappa shape index (κ2) is 5.95. The van der Waals surface area contributed by atoms with Crippen LogP contribution >= 0.6 is 0 Å². The highest BCUT2D eigenvalue weighted by atomic mass is 28.4. The third kappa shape index (κ3) is 3.64. The zero-order chi connectivity index (χ0) is 15.7. The summed E-state index contributed by atoms with van der Waals surface area (Å²) in [7, 11) is -1.85. The Morgan fingerprint density at radius 1 is 1.43 bits per heavy atom. The Morgan fingerprint density at radius 3 is 2.71 bits per heavy atom. The molecular formula is C16H28O4Si. The maximum atomic E-state index is 11.1. The average Bonchev–Trinajstić information content (AvgIpc) is 2.74. The largest absolute Gasteiger partial charge is 0.414 e. The number of hydrogen-bond acceptors (Lipinski definition) is 4. The van der Waals surface area contributed by atoms with Gasteiger partial charge in [0.1, 0.15) is 18.0 Å². The van der Waals surface area contributed by atoms with Crippen molar-refractivity contribution in [2.75, 3.05) is 13.2 Å². The molecule has 0 unspecified atom stereocenters. The van der Waals surface area contributed by atoms with Crippen LogP contribution in [-0.2, 0) is 18.7 Å². The highest BCUT2D eigenvalue weighted by Crippen LogP contribution is 2.41. The van der Waals surface area contributed by atoms with Crippen LogP contribution in [0.5, 0.6) is 0 Å². The normalized spacial score (nSPS) is 33.0. The Hall–Kier alpha value is -0.493. The van der Waals surface area contributed by atoms with Crippen LogP contribution in [0, 0.1) is 0 Å². The van der Waals surface area contributed by atoms with Gasteiger partial charge >= 0.3 is 0 Å². The molecule has 0 aliphatic carbocycles. The molecule has 5 heteroatoms. The molecule has 0 aromatic rings. The van der Waals surface area contributed by atoms with Crippen LogP contribution in [0.3, 0.4) is 0 Å². The van der Waals surface area contributed by atoms with Crippen LogP contribution in [-0.4, -0.2) is 45.6 Å². The monoisotopic (exact) mass is 312 g/mol. The summed E-state index contributed by atoms with van der Waals surface area (Å²) < 4.78 is 18.2. The van der Waals surface area contributed by atoms with E-state index in [0.717, 1.165) is 12.7 Å². The molecule has 0 bridgehead atoms. The van der Waals surface area contributed by atoms with E-state index in [1.165, 1.54) is 0 Å². The average molecular weight is 312 g/mol. The molecule has 0 radical (unpaired) electrons. The van der Waals surface area contributed by atoms with Crippen molar-refractivity contribution in [3.63, 3.8) is 0 Å². The molecule has 0 aromatic heterocycles. The van der Waals surface area contributed by atoms with Crippen molar-refractivity contribution < 1.29 is 18.7 Å². The van der Waals surface area contributed by atoms with Crippen molar-refractivity contribution in [1.82, 2.24) is 0 Å². The Bertz CT molecular complexity index is 413. The molecule has 0 saturated carbocycles. The number of hydrogen-bond donors (Lipinski definition) is 0. The summed E-state index contributed by atoms with van der Waals surface area (Å²) in [4.78, 5) is 11.1. The van der Waals surface area contributed by atoms with E-state index < -0.39 is 13.9 Å². The number of rotatable bonds is 5. The maximum absolute atomic E-state index is 11.1. The summed E-state index contributed by atoms with van der Waals surface area (Å²) in [5.74, 6) is 0. The molecule has 1 saturated heterocycles. The van der Waals surface area contributed by atoms with Crippen LogP contribution in [0.1, 0.15) is 33.6 Å². The molecule has 120 valence electrons. The summed E-state index contributed by atoms with van der Waals surface area (Å²) in [6.07, 6.45) is 6.08. The fraction of sp³-hybridized carbons (Fsp3) is 0.812. The van der Waals surface area contributed by atoms with E-state index in [4.69, 9.17) is 13.9 Å². The molecule has 2 rings (SSSR count). The van der Waals surface area contributed by atoms with Crippen molar-refractivity contribution >= 4 is 14.6 Å². The fourth-order valence-corrected chi connectivity index (χ4v) is 3.60. The van der Waals surface area contributed by atoms with Gasteiger partial charge in [-0.1, -0.05) is 32.9 Å². The number of carbonyl (C=O) groups excluding carboxylic acids is 1. The minimum absolute atomic E-state index is 0.0401. The van der Waals surface area contributed by atoms with Gasteiger partial charge in [-0.2, -0.15) is 0 Å². The minimum atomic E-state index is -1.85. The van der Waals surface area contributed by atoms with E-state index in [9.17, 15) is 4.79 Å². The summed E-state index contributed by atoms with van der Waals surface area (Å²) >= 11 is 0. The van der Waals surface area contributed by atoms with Gasteiger partial charge in [0.15, 0.2) is 8.32 Å². The van der Waals surface area contributed by atoms with E-state index >= 15 is 0 Å². The first-order valence-electron chi connectivity index (χ1n) is 7.73. The molecule has 0 amide bonds. The van der Waals surface area contributed by atoms with Crippen molar-refractivity contribution in [2.45, 2.75) is 69.6 Å². The molecule has 4 nitrogen and oxygen atoms in total. The van der Waals surface area contributed by atoms with Crippen molar-refractivity contribution in [3.05, 3.63) is 12.2 Å². The van der Waals surface area contributed by atoms with Gasteiger partial charge in [-0.25, -0.2) is 0 Å². The molecule has 0 aromatic carbocycles. The van der Waals surface area contributed by atoms with Crippen molar-refractivity contribution in [2.24, 2.45) is 0 Å². The second-order valence-corrected chi connectivity index (χ2v) is 12.5. The minimum Gasteiger partial charge on any atom is -0.414 e. The van der Waals surface area contributed by atoms with Crippen LogP contribution in [0.2, 0.25) is 18.1 Å². The lowest BCUT2D eigenvalue weighted by Gasteiger charge is -2.39. The van der Waals surface area contributed by atoms with Gasteiger partial charge < -0.3 is 18.7 Å². The van der Waals surface area contributed by atoms with Gasteiger partial charge in [-0.15, -0.1) is 0 Å². The molecule has 21 heavy (non-hydrogen) atoms. The van der Waals surface area contributed by atoms with Crippen LogP contribution in [0.4, 0.5) is 0 Å². The Morgan fingerprint density at radius 2 is 2.14 bits per heavy atom. The summed E-state index contributed by atoms with van der Waals surface area (Å²) in [6.45, 7) is 12.2. The standard InChI is InChI=1S/C16H28O4Si/c1-15(2,3)21(4,5)19-12-16(8-9-17)11-14-13(20-16)7-6-10-18-14/h6-7,9,13-14H,8,10-12H2,1-5H3/t13-,14-,16+/m1/s1. The van der Waals surface area contributed by atoms with E-state index in [1.54, 1.807) is 0 Å². The second-order valence-electron chi connectivity index (χ2n) is 7.69. The van der Waals surface area contributed by atoms with E-state index in [2.05, 4.69) is 33.9 Å². The molecule has 1 fully saturated rings. The third-order valence-electron chi connectivity index (χ3n) is 5.02. The Kier molecular flexibility index (Phi) is 4.78. The Labute approximate surface area is 129 Å². The lowest BCUT2D eigenvalue weighted by molar-refractivity contribution is -0.117. The first-order chi connectivity index (χ1) is 9.69. The molecule has 0 spiro atoms. The lowest BCUT2D eigenvalue weighted by atomic mass is 9.95. The quantitative estimate of drug-likeness (QED) is 0.444. The van der Waals surface area contributed by atoms with Gasteiger partial charge in [-0.3, -0.25) is 0 Å². The maximum Gasteiger partial charge on any atom is 0.192 e. The number of aldehydes is 1. The lowest BCUT2D eigenvalue weighted by Crippen LogP contribution is -2.46. The van der Waals surface area contributed by atoms with Gasteiger partial charge in [-0.05, 0) is 18.1 Å². The van der Waals surface area contributed by atoms with Crippen LogP contribution in [0.25, 0.3) is 0 Å². The van der Waals surface area contributed by atoms with E-state index in [1.807, 2.05) is 12.2 Å². The predicted molar refractivity (Wildman–Crippen MR) is 84.9 cm³/mol. The van der Waals surface area contributed by atoms with Crippen LogP contribution in [0.15, 0.2) is 12.2 Å². The van der Waals surface area contributed by atoms with Crippen molar-refractivity contribution in [3.8, 4) is 0 Å². The van der Waals surface area contributed by atoms with Crippen LogP contribution < -0.4 is 0 Å². The predicted octanol–water partition coefficient (Wildman–Crippen LogP) is 3.08. The van der Waals surface area contributed by atoms with E-state index in [-0.39, 0.29) is 17.2 Å². The fourth-order valence-electron chi connectivity index (χ4n) is 2.54. The molecule has 3 atom stereocenters. The summed E-state index contributed by atoms with van der Waals surface area (Å²) in [6, 6.07) is 0. The van der Waals surface area contributed by atoms with E-state index in [0.29, 0.717) is 19.6 Å². The van der Waals surface area contributed by atoms with Gasteiger partial charge in [0.05, 0.1) is 19.3 Å². The molecular weight excluding hydrogens is 284 g/mol. The SMILES string of the molecule is CC(C)(C)[Si](C)(C)OC[C@]1(CC=O)C[C@H]2OCC=C[C@H]2O1. The zero-order valence-corrected chi connectivity index (χ0v) is 14.8. The topological polar surface area (TPSA) is 44.8 Å². The Balaban J connectivity index is 2.07. The number of fused-ring (bicyclic) bond motifs is 1. The molecule has 2 aliphatic rings. The number of carbonyl (C=O) groups is 1. The van der Waals surface area contributed by atoms with Gasteiger partial charge in [0.25, 0.3) is 0 Å². The molecule has 2 aliphatic heterocycles. The first kappa shape index (κ1) is 16.9. The molecule has 0 N–H and O–H groups in total. The first-order valence-corrected chi connectivity index (χ1v) is 10.6. The molecule has 2 heterocycles. The summed E-state index contributed by atoms with van der Waals surface area (Å²) in [5, 5.41) is 0.150. The third-order valence-corrected chi connectivity index (χ3v) is 9.49. The summed E-state index contributed by atoms with van der Waals surface area (Å²) in [5.41, 5.74) is -0.527.